The van der Waals surface area contributed by atoms with Crippen molar-refractivity contribution in [2.75, 3.05) is 11.4 Å². The Morgan fingerprint density at radius 1 is 1.56 bits per heavy atom. The van der Waals surface area contributed by atoms with Gasteiger partial charge in [0, 0.05) is 25.1 Å². The van der Waals surface area contributed by atoms with Crippen molar-refractivity contribution < 1.29 is 18.0 Å². The smallest absolute Gasteiger partial charge is 0.326 e. The number of hydrogen-bond donors (Lipinski definition) is 2. The number of nitrogens with two attached hydrogens (primary N) is 1. The number of alkyl halides is 3. The second-order valence-electron chi connectivity index (χ2n) is 3.61. The van der Waals surface area contributed by atoms with Gasteiger partial charge in [-0.25, -0.2) is 0 Å². The number of nitrogens with zero attached hydrogens (tertiary/aromatic N) is 2. The Kier molecular flexibility index (Phi) is 2.38. The normalized spacial score (nSPS) is 21.9. The van der Waals surface area contributed by atoms with Gasteiger partial charge in [-0.2, -0.15) is 18.3 Å². The number of H-pyrrole nitrogens is 1. The first-order valence-corrected chi connectivity index (χ1v) is 4.56. The second-order valence-corrected chi connectivity index (χ2v) is 3.61. The molecule has 1 fully saturated rings. The minimum absolute atomic E-state index is 0.0368. The Hall–Kier alpha value is -1.57. The van der Waals surface area contributed by atoms with Crippen molar-refractivity contribution in [3.63, 3.8) is 0 Å². The maximum Gasteiger partial charge on any atom is 0.432 e. The average Bonchev–Trinajstić information content (AvgIpc) is 2.70. The van der Waals surface area contributed by atoms with Crippen LogP contribution in [0.25, 0.3) is 0 Å². The van der Waals surface area contributed by atoms with Crippen molar-refractivity contribution in [2.45, 2.75) is 18.6 Å². The number of halogens is 3. The molecule has 0 aliphatic carbocycles. The minimum atomic E-state index is -4.49. The molecule has 3 N–H and O–H groups in total. The Morgan fingerprint density at radius 3 is 2.69 bits per heavy atom. The van der Waals surface area contributed by atoms with Gasteiger partial charge in [-0.05, 0) is 0 Å². The van der Waals surface area contributed by atoms with E-state index in [9.17, 15) is 18.0 Å². The summed E-state index contributed by atoms with van der Waals surface area (Å²) < 4.78 is 36.8. The first-order valence-electron chi connectivity index (χ1n) is 4.56. The molecule has 1 aliphatic heterocycles. The fourth-order valence-corrected chi connectivity index (χ4v) is 1.55. The molecule has 0 radical (unpaired) electrons. The van der Waals surface area contributed by atoms with E-state index in [1.165, 1.54) is 0 Å². The summed E-state index contributed by atoms with van der Waals surface area (Å²) in [6, 6.07) is 0.453. The number of carbonyl (C=O) groups excluding carboxylic acids is 1. The number of rotatable bonds is 1. The maximum atomic E-state index is 12.3. The number of anilines is 1. The lowest BCUT2D eigenvalue weighted by atomic mass is 10.3. The first-order chi connectivity index (χ1) is 7.38. The Morgan fingerprint density at radius 2 is 2.25 bits per heavy atom. The van der Waals surface area contributed by atoms with Gasteiger partial charge in [-0.1, -0.05) is 0 Å². The third kappa shape index (κ3) is 1.87. The van der Waals surface area contributed by atoms with E-state index in [2.05, 4.69) is 5.10 Å². The molecule has 5 nitrogen and oxygen atoms in total. The van der Waals surface area contributed by atoms with Crippen LogP contribution in [0.3, 0.4) is 0 Å². The van der Waals surface area contributed by atoms with Crippen LogP contribution in [0.1, 0.15) is 12.1 Å². The molecule has 1 atom stereocenters. The van der Waals surface area contributed by atoms with E-state index in [0.717, 1.165) is 11.0 Å². The van der Waals surface area contributed by atoms with Crippen LogP contribution in [-0.4, -0.2) is 28.7 Å². The summed E-state index contributed by atoms with van der Waals surface area (Å²) in [5.41, 5.74) is 4.55. The van der Waals surface area contributed by atoms with Gasteiger partial charge in [0.15, 0.2) is 5.82 Å². The molecule has 1 saturated heterocycles. The molecule has 16 heavy (non-hydrogen) atoms. The van der Waals surface area contributed by atoms with E-state index in [1.54, 1.807) is 0 Å². The molecule has 0 spiro atoms. The van der Waals surface area contributed by atoms with Crippen LogP contribution in [0, 0.1) is 0 Å². The van der Waals surface area contributed by atoms with Crippen LogP contribution in [0.5, 0.6) is 0 Å². The van der Waals surface area contributed by atoms with Crippen LogP contribution in [-0.2, 0) is 11.0 Å². The molecule has 1 aliphatic rings. The predicted octanol–water partition coefficient (Wildman–Crippen LogP) is 0.492. The summed E-state index contributed by atoms with van der Waals surface area (Å²) in [5.74, 6) is -0.349. The van der Waals surface area contributed by atoms with E-state index < -0.39 is 11.9 Å². The Labute approximate surface area is 88.4 Å². The molecule has 0 saturated carbocycles. The van der Waals surface area contributed by atoms with Gasteiger partial charge in [-0.15, -0.1) is 0 Å². The van der Waals surface area contributed by atoms with Gasteiger partial charge in [0.1, 0.15) is 5.69 Å². The van der Waals surface area contributed by atoms with Crippen LogP contribution in [0.15, 0.2) is 6.07 Å². The van der Waals surface area contributed by atoms with Gasteiger partial charge in [0.05, 0.1) is 0 Å². The summed E-state index contributed by atoms with van der Waals surface area (Å²) in [5, 5.41) is 5.30. The Balaban J connectivity index is 2.23. The third-order valence-electron chi connectivity index (χ3n) is 2.30. The average molecular weight is 234 g/mol. The number of carbonyl (C=O) groups is 1. The number of amides is 1. The second kappa shape index (κ2) is 3.48. The van der Waals surface area contributed by atoms with Crippen LogP contribution in [0.2, 0.25) is 0 Å². The van der Waals surface area contributed by atoms with Crippen LogP contribution < -0.4 is 10.6 Å². The topological polar surface area (TPSA) is 75.0 Å². The molecule has 8 heteroatoms. The van der Waals surface area contributed by atoms with Gasteiger partial charge >= 0.3 is 6.18 Å². The lowest BCUT2D eigenvalue weighted by Gasteiger charge is -2.11. The van der Waals surface area contributed by atoms with Gasteiger partial charge in [0.2, 0.25) is 5.91 Å². The van der Waals surface area contributed by atoms with E-state index in [0.29, 0.717) is 0 Å². The lowest BCUT2D eigenvalue weighted by molar-refractivity contribution is -0.141. The highest BCUT2D eigenvalue weighted by Gasteiger charge is 2.36. The monoisotopic (exact) mass is 234 g/mol. The molecular formula is C8H9F3N4O. The highest BCUT2D eigenvalue weighted by Crippen LogP contribution is 2.30. The molecule has 1 aromatic heterocycles. The van der Waals surface area contributed by atoms with Crippen molar-refractivity contribution in [2.24, 2.45) is 5.73 Å². The molecule has 1 amide bonds. The van der Waals surface area contributed by atoms with Crippen molar-refractivity contribution in [3.8, 4) is 0 Å². The molecule has 1 unspecified atom stereocenters. The fourth-order valence-electron chi connectivity index (χ4n) is 1.55. The van der Waals surface area contributed by atoms with Gasteiger partial charge in [0.25, 0.3) is 0 Å². The predicted molar refractivity (Wildman–Crippen MR) is 48.5 cm³/mol. The van der Waals surface area contributed by atoms with Crippen LogP contribution >= 0.6 is 0 Å². The molecule has 1 aromatic rings. The Bertz CT molecular complexity index is 414. The summed E-state index contributed by atoms with van der Waals surface area (Å²) >= 11 is 0. The highest BCUT2D eigenvalue weighted by atomic mass is 19.4. The molecular weight excluding hydrogens is 225 g/mol. The number of nitrogens with one attached hydrogen (secondary N) is 1. The highest BCUT2D eigenvalue weighted by molar-refractivity contribution is 5.95. The third-order valence-corrected chi connectivity index (χ3v) is 2.30. The van der Waals surface area contributed by atoms with E-state index >= 15 is 0 Å². The number of hydrogen-bond acceptors (Lipinski definition) is 3. The zero-order valence-corrected chi connectivity index (χ0v) is 8.08. The zero-order chi connectivity index (χ0) is 11.9. The standard InChI is InChI=1S/C8H9F3N4O/c9-8(10,11)5-2-6(14-13-5)15-3-4(12)1-7(15)16/h2,4H,1,3,12H2,(H,13,14). The summed E-state index contributed by atoms with van der Waals surface area (Å²) in [7, 11) is 0. The van der Waals surface area contributed by atoms with Crippen molar-refractivity contribution in [1.82, 2.24) is 10.2 Å². The molecule has 2 rings (SSSR count). The van der Waals surface area contributed by atoms with Crippen molar-refractivity contribution >= 4 is 11.7 Å². The van der Waals surface area contributed by atoms with Crippen molar-refractivity contribution in [3.05, 3.63) is 11.8 Å². The quantitative estimate of drug-likeness (QED) is 0.742. The van der Waals surface area contributed by atoms with E-state index in [1.807, 2.05) is 5.10 Å². The zero-order valence-electron chi connectivity index (χ0n) is 8.08. The molecule has 0 bridgehead atoms. The summed E-state index contributed by atoms with van der Waals surface area (Å²) in [6.07, 6.45) is -4.36. The molecule has 0 aromatic carbocycles. The van der Waals surface area contributed by atoms with Gasteiger partial charge in [-0.3, -0.25) is 14.8 Å². The van der Waals surface area contributed by atoms with Crippen molar-refractivity contribution in [1.29, 1.82) is 0 Å². The van der Waals surface area contributed by atoms with Gasteiger partial charge < -0.3 is 5.73 Å². The SMILES string of the molecule is NC1CC(=O)N(c2cc(C(F)(F)F)[nH]n2)C1. The van der Waals surface area contributed by atoms with Crippen LogP contribution in [0.4, 0.5) is 19.0 Å². The number of aromatic amines is 1. The number of aromatic nitrogens is 2. The minimum Gasteiger partial charge on any atom is -0.326 e. The first kappa shape index (κ1) is 10.9. The summed E-state index contributed by atoms with van der Waals surface area (Å²) in [4.78, 5) is 12.5. The fraction of sp³-hybridized carbons (Fsp3) is 0.500. The maximum absolute atomic E-state index is 12.3. The summed E-state index contributed by atoms with van der Waals surface area (Å²) in [6.45, 7) is 0.195. The lowest BCUT2D eigenvalue weighted by Crippen LogP contribution is -2.28. The van der Waals surface area contributed by atoms with E-state index in [4.69, 9.17) is 5.73 Å². The largest absolute Gasteiger partial charge is 0.432 e. The van der Waals surface area contributed by atoms with E-state index in [-0.39, 0.29) is 30.7 Å². The molecule has 2 heterocycles. The molecule has 88 valence electrons.